The van der Waals surface area contributed by atoms with Gasteiger partial charge in [0.25, 0.3) is 0 Å². The van der Waals surface area contributed by atoms with E-state index in [2.05, 4.69) is 47.1 Å². The van der Waals surface area contributed by atoms with Crippen LogP contribution in [0.1, 0.15) is 13.3 Å². The highest BCUT2D eigenvalue weighted by Crippen LogP contribution is 2.33. The lowest BCUT2D eigenvalue weighted by Crippen LogP contribution is -2.45. The SMILES string of the molecule is CCC1SC2=NCN(c3ccc4ccccc4c3)CN2C1=O. The molecule has 0 N–H and O–H groups in total. The van der Waals surface area contributed by atoms with E-state index in [-0.39, 0.29) is 11.2 Å². The van der Waals surface area contributed by atoms with Crippen molar-refractivity contribution in [1.29, 1.82) is 0 Å². The Kier molecular flexibility index (Phi) is 3.30. The van der Waals surface area contributed by atoms with E-state index >= 15 is 0 Å². The third kappa shape index (κ3) is 2.16. The van der Waals surface area contributed by atoms with Crippen LogP contribution in [0, 0.1) is 0 Å². The fraction of sp³-hybridized carbons (Fsp3) is 0.294. The van der Waals surface area contributed by atoms with Gasteiger partial charge in [-0.3, -0.25) is 9.69 Å². The molecule has 22 heavy (non-hydrogen) atoms. The molecule has 1 saturated heterocycles. The third-order valence-corrected chi connectivity index (χ3v) is 5.56. The Morgan fingerprint density at radius 1 is 1.23 bits per heavy atom. The first-order chi connectivity index (χ1) is 10.8. The van der Waals surface area contributed by atoms with Gasteiger partial charge in [0.1, 0.15) is 13.3 Å². The Labute approximate surface area is 133 Å². The van der Waals surface area contributed by atoms with Crippen LogP contribution in [0.2, 0.25) is 0 Å². The Bertz CT molecular complexity index is 773. The van der Waals surface area contributed by atoms with Crippen LogP contribution in [0.15, 0.2) is 47.5 Å². The molecular weight excluding hydrogens is 294 g/mol. The molecule has 0 aromatic heterocycles. The highest BCUT2D eigenvalue weighted by molar-refractivity contribution is 8.15. The smallest absolute Gasteiger partial charge is 0.243 e. The molecule has 4 rings (SSSR count). The van der Waals surface area contributed by atoms with Crippen LogP contribution in [0.4, 0.5) is 5.69 Å². The van der Waals surface area contributed by atoms with Crippen molar-refractivity contribution in [1.82, 2.24) is 4.90 Å². The maximum absolute atomic E-state index is 12.4. The van der Waals surface area contributed by atoms with E-state index in [1.807, 2.05) is 17.0 Å². The summed E-state index contributed by atoms with van der Waals surface area (Å²) in [5, 5.41) is 3.36. The molecule has 2 aromatic rings. The minimum absolute atomic E-state index is 0.0373. The summed E-state index contributed by atoms with van der Waals surface area (Å²) >= 11 is 1.60. The summed E-state index contributed by atoms with van der Waals surface area (Å²) in [7, 11) is 0. The van der Waals surface area contributed by atoms with E-state index in [4.69, 9.17) is 0 Å². The molecule has 4 nitrogen and oxygen atoms in total. The molecule has 1 amide bonds. The summed E-state index contributed by atoms with van der Waals surface area (Å²) in [4.78, 5) is 20.9. The molecule has 1 fully saturated rings. The van der Waals surface area contributed by atoms with Crippen molar-refractivity contribution >= 4 is 39.3 Å². The van der Waals surface area contributed by atoms with E-state index in [0.717, 1.165) is 17.3 Å². The molecule has 2 heterocycles. The summed E-state index contributed by atoms with van der Waals surface area (Å²) < 4.78 is 0. The van der Waals surface area contributed by atoms with Gasteiger partial charge < -0.3 is 4.90 Å². The highest BCUT2D eigenvalue weighted by atomic mass is 32.2. The quantitative estimate of drug-likeness (QED) is 0.854. The Morgan fingerprint density at radius 3 is 2.86 bits per heavy atom. The molecule has 1 atom stereocenters. The van der Waals surface area contributed by atoms with E-state index < -0.39 is 0 Å². The van der Waals surface area contributed by atoms with Crippen LogP contribution in [-0.4, -0.2) is 34.6 Å². The number of fused-ring (bicyclic) bond motifs is 2. The number of carbonyl (C=O) groups excluding carboxylic acids is 1. The number of hydrogen-bond acceptors (Lipinski definition) is 4. The number of rotatable bonds is 2. The van der Waals surface area contributed by atoms with Gasteiger partial charge in [-0.15, -0.1) is 0 Å². The molecule has 5 heteroatoms. The predicted molar refractivity (Wildman–Crippen MR) is 92.1 cm³/mol. The van der Waals surface area contributed by atoms with Crippen molar-refractivity contribution in [3.63, 3.8) is 0 Å². The number of benzene rings is 2. The van der Waals surface area contributed by atoms with Gasteiger partial charge in [0.05, 0.1) is 5.25 Å². The molecule has 0 spiro atoms. The van der Waals surface area contributed by atoms with Crippen molar-refractivity contribution in [3.8, 4) is 0 Å². The van der Waals surface area contributed by atoms with Crippen molar-refractivity contribution in [3.05, 3.63) is 42.5 Å². The molecule has 0 radical (unpaired) electrons. The fourth-order valence-corrected chi connectivity index (χ4v) is 3.97. The van der Waals surface area contributed by atoms with E-state index in [9.17, 15) is 4.79 Å². The second kappa shape index (κ2) is 5.32. The first-order valence-electron chi connectivity index (χ1n) is 7.52. The minimum Gasteiger partial charge on any atom is -0.334 e. The van der Waals surface area contributed by atoms with Crippen molar-refractivity contribution in [2.45, 2.75) is 18.6 Å². The molecule has 0 aliphatic carbocycles. The Balaban J connectivity index is 1.63. The summed E-state index contributed by atoms with van der Waals surface area (Å²) in [6.07, 6.45) is 0.856. The lowest BCUT2D eigenvalue weighted by molar-refractivity contribution is -0.126. The van der Waals surface area contributed by atoms with Crippen LogP contribution in [0.3, 0.4) is 0 Å². The van der Waals surface area contributed by atoms with Gasteiger partial charge in [0.15, 0.2) is 5.17 Å². The molecule has 2 aliphatic heterocycles. The lowest BCUT2D eigenvalue weighted by atomic mass is 10.1. The van der Waals surface area contributed by atoms with Gasteiger partial charge >= 0.3 is 0 Å². The molecule has 2 aliphatic rings. The lowest BCUT2D eigenvalue weighted by Gasteiger charge is -2.32. The number of anilines is 1. The van der Waals surface area contributed by atoms with Crippen LogP contribution < -0.4 is 4.90 Å². The van der Waals surface area contributed by atoms with Gasteiger partial charge in [-0.25, -0.2) is 4.99 Å². The highest BCUT2D eigenvalue weighted by Gasteiger charge is 2.39. The number of carbonyl (C=O) groups is 1. The van der Waals surface area contributed by atoms with Gasteiger partial charge in [-0.05, 0) is 29.3 Å². The summed E-state index contributed by atoms with van der Waals surface area (Å²) in [5.41, 5.74) is 1.11. The van der Waals surface area contributed by atoms with E-state index in [1.165, 1.54) is 10.8 Å². The number of amides is 1. The van der Waals surface area contributed by atoms with E-state index in [0.29, 0.717) is 13.3 Å². The third-order valence-electron chi connectivity index (χ3n) is 4.18. The second-order valence-corrected chi connectivity index (χ2v) is 6.75. The van der Waals surface area contributed by atoms with Gasteiger partial charge in [-0.2, -0.15) is 0 Å². The van der Waals surface area contributed by atoms with Crippen LogP contribution in [0.5, 0.6) is 0 Å². The largest absolute Gasteiger partial charge is 0.334 e. The second-order valence-electron chi connectivity index (χ2n) is 5.58. The summed E-state index contributed by atoms with van der Waals surface area (Å²) in [6, 6.07) is 14.7. The zero-order chi connectivity index (χ0) is 15.1. The number of thioether (sulfide) groups is 1. The monoisotopic (exact) mass is 311 g/mol. The van der Waals surface area contributed by atoms with Crippen LogP contribution in [-0.2, 0) is 4.79 Å². The Morgan fingerprint density at radius 2 is 2.05 bits per heavy atom. The molecule has 0 bridgehead atoms. The topological polar surface area (TPSA) is 35.9 Å². The number of aliphatic imine (C=N–C) groups is 1. The van der Waals surface area contributed by atoms with Crippen molar-refractivity contribution in [2.75, 3.05) is 18.2 Å². The Hall–Kier alpha value is -2.01. The standard InChI is InChI=1S/C17H17N3OS/c1-2-15-16(21)20-11-19(10-18-17(20)22-15)14-8-7-12-5-3-4-6-13(12)9-14/h3-9,15H,2,10-11H2,1H3. The molecule has 1 unspecified atom stereocenters. The van der Waals surface area contributed by atoms with Crippen molar-refractivity contribution in [2.24, 2.45) is 4.99 Å². The number of hydrogen-bond donors (Lipinski definition) is 0. The average molecular weight is 311 g/mol. The van der Waals surface area contributed by atoms with Gasteiger partial charge in [0, 0.05) is 5.69 Å². The van der Waals surface area contributed by atoms with Gasteiger partial charge in [0.2, 0.25) is 5.91 Å². The molecular formula is C17H17N3OS. The molecule has 112 valence electrons. The minimum atomic E-state index is 0.0373. The zero-order valence-corrected chi connectivity index (χ0v) is 13.2. The number of nitrogens with zero attached hydrogens (tertiary/aromatic N) is 3. The first kappa shape index (κ1) is 13.6. The van der Waals surface area contributed by atoms with E-state index in [1.54, 1.807) is 11.8 Å². The normalized spacial score (nSPS) is 21.2. The summed E-state index contributed by atoms with van der Waals surface area (Å²) in [5.74, 6) is 0.191. The molecule has 0 saturated carbocycles. The maximum Gasteiger partial charge on any atom is 0.243 e. The zero-order valence-electron chi connectivity index (χ0n) is 12.4. The first-order valence-corrected chi connectivity index (χ1v) is 8.40. The summed E-state index contributed by atoms with van der Waals surface area (Å²) in [6.45, 7) is 3.26. The maximum atomic E-state index is 12.4. The average Bonchev–Trinajstić information content (AvgIpc) is 2.90. The van der Waals surface area contributed by atoms with Gasteiger partial charge in [-0.1, -0.05) is 49.0 Å². The predicted octanol–water partition coefficient (Wildman–Crippen LogP) is 3.28. The van der Waals surface area contributed by atoms with Crippen LogP contribution >= 0.6 is 11.8 Å². The van der Waals surface area contributed by atoms with Crippen molar-refractivity contribution < 1.29 is 4.79 Å². The molecule has 2 aromatic carbocycles. The van der Waals surface area contributed by atoms with Crippen LogP contribution in [0.25, 0.3) is 10.8 Å². The fourth-order valence-electron chi connectivity index (χ4n) is 2.92. The number of amidine groups is 1.